The second-order valence-corrected chi connectivity index (χ2v) is 7.36. The van der Waals surface area contributed by atoms with Crippen LogP contribution in [0.25, 0.3) is 43.1 Å². The number of hydrogen-bond acceptors (Lipinski definition) is 0. The van der Waals surface area contributed by atoms with Crippen LogP contribution < -0.4 is 0 Å². The molecule has 0 atom stereocenters. The van der Waals surface area contributed by atoms with Gasteiger partial charge in [-0.05, 0) is 62.1 Å². The number of fused-ring (bicyclic) bond motifs is 8. The third-order valence-electron chi connectivity index (χ3n) is 4.93. The molecule has 0 aromatic heterocycles. The van der Waals surface area contributed by atoms with Crippen molar-refractivity contribution in [2.45, 2.75) is 6.92 Å². The maximum Gasteiger partial charge on any atom is 0.0181 e. The molecule has 0 aliphatic heterocycles. The fraction of sp³-hybridized carbons (Fsp3) is 0.0435. The minimum Gasteiger partial charge on any atom is -0.0616 e. The topological polar surface area (TPSA) is 0 Å². The van der Waals surface area contributed by atoms with Gasteiger partial charge in [0.05, 0.1) is 0 Å². The van der Waals surface area contributed by atoms with E-state index in [2.05, 4.69) is 95.7 Å². The van der Waals surface area contributed by atoms with Crippen LogP contribution in [0.4, 0.5) is 0 Å². The zero-order chi connectivity index (χ0) is 16.3. The molecular weight excluding hydrogens is 356 g/mol. The maximum atomic E-state index is 3.59. The molecule has 0 bridgehead atoms. The molecule has 0 saturated carbocycles. The number of rotatable bonds is 0. The molecule has 0 aliphatic rings. The molecule has 0 aliphatic carbocycles. The van der Waals surface area contributed by atoms with Gasteiger partial charge in [-0.1, -0.05) is 82.2 Å². The van der Waals surface area contributed by atoms with E-state index in [0.717, 1.165) is 4.47 Å². The lowest BCUT2D eigenvalue weighted by atomic mass is 9.90. The van der Waals surface area contributed by atoms with Crippen molar-refractivity contribution in [2.75, 3.05) is 0 Å². The van der Waals surface area contributed by atoms with Crippen LogP contribution in [0.1, 0.15) is 5.56 Å². The highest BCUT2D eigenvalue weighted by Gasteiger charge is 2.11. The van der Waals surface area contributed by atoms with Crippen LogP contribution in [0.2, 0.25) is 0 Å². The van der Waals surface area contributed by atoms with Gasteiger partial charge in [-0.3, -0.25) is 0 Å². The Labute approximate surface area is 148 Å². The molecule has 0 N–H and O–H groups in total. The Morgan fingerprint density at radius 3 is 2.12 bits per heavy atom. The van der Waals surface area contributed by atoms with Crippen LogP contribution in [0, 0.1) is 6.92 Å². The zero-order valence-electron chi connectivity index (χ0n) is 13.3. The summed E-state index contributed by atoms with van der Waals surface area (Å²) >= 11 is 3.59. The lowest BCUT2D eigenvalue weighted by Crippen LogP contribution is -1.86. The normalized spacial score (nSPS) is 11.8. The first-order chi connectivity index (χ1) is 11.7. The van der Waals surface area contributed by atoms with E-state index in [1.54, 1.807) is 0 Å². The molecule has 1 heteroatoms. The summed E-state index contributed by atoms with van der Waals surface area (Å²) in [7, 11) is 0. The van der Waals surface area contributed by atoms with Crippen molar-refractivity contribution < 1.29 is 0 Å². The summed E-state index contributed by atoms with van der Waals surface area (Å²) < 4.78 is 1.12. The summed E-state index contributed by atoms with van der Waals surface area (Å²) in [4.78, 5) is 0. The predicted molar refractivity (Wildman–Crippen MR) is 109 cm³/mol. The van der Waals surface area contributed by atoms with Gasteiger partial charge >= 0.3 is 0 Å². The second kappa shape index (κ2) is 5.06. The maximum absolute atomic E-state index is 3.59. The fourth-order valence-corrected chi connectivity index (χ4v) is 4.25. The average Bonchev–Trinajstić information content (AvgIpc) is 2.61. The number of aryl methyl sites for hydroxylation is 1. The Kier molecular flexibility index (Phi) is 2.95. The van der Waals surface area contributed by atoms with E-state index in [0.29, 0.717) is 0 Å². The van der Waals surface area contributed by atoms with E-state index in [1.165, 1.54) is 48.7 Å². The van der Waals surface area contributed by atoms with Gasteiger partial charge in [0.2, 0.25) is 0 Å². The van der Waals surface area contributed by atoms with Crippen LogP contribution in [0.5, 0.6) is 0 Å². The summed E-state index contributed by atoms with van der Waals surface area (Å²) in [6, 6.07) is 26.6. The molecule has 24 heavy (non-hydrogen) atoms. The predicted octanol–water partition coefficient (Wildman–Crippen LogP) is 7.37. The van der Waals surface area contributed by atoms with Crippen LogP contribution in [0.3, 0.4) is 0 Å². The smallest absolute Gasteiger partial charge is 0.0181 e. The van der Waals surface area contributed by atoms with E-state index in [1.807, 2.05) is 0 Å². The summed E-state index contributed by atoms with van der Waals surface area (Å²) in [6.45, 7) is 2.16. The SMILES string of the molecule is Cc1ccc2c(c1)c1ccccc1c1c3ccc(Br)cc3ccc21. The molecule has 114 valence electrons. The molecule has 0 unspecified atom stereocenters. The molecule has 5 rings (SSSR count). The monoisotopic (exact) mass is 370 g/mol. The molecule has 5 aromatic carbocycles. The van der Waals surface area contributed by atoms with E-state index in [-0.39, 0.29) is 0 Å². The van der Waals surface area contributed by atoms with E-state index in [4.69, 9.17) is 0 Å². The Hall–Kier alpha value is -2.38. The average molecular weight is 371 g/mol. The van der Waals surface area contributed by atoms with Gasteiger partial charge in [0.1, 0.15) is 0 Å². The van der Waals surface area contributed by atoms with Crippen LogP contribution >= 0.6 is 15.9 Å². The lowest BCUT2D eigenvalue weighted by molar-refractivity contribution is 1.51. The van der Waals surface area contributed by atoms with Crippen LogP contribution in [-0.4, -0.2) is 0 Å². The largest absolute Gasteiger partial charge is 0.0616 e. The van der Waals surface area contributed by atoms with Crippen LogP contribution in [0.15, 0.2) is 77.3 Å². The van der Waals surface area contributed by atoms with Crippen molar-refractivity contribution in [3.63, 3.8) is 0 Å². The Balaban J connectivity index is 2.17. The molecule has 0 saturated heterocycles. The highest BCUT2D eigenvalue weighted by atomic mass is 79.9. The van der Waals surface area contributed by atoms with Gasteiger partial charge in [0, 0.05) is 4.47 Å². The van der Waals surface area contributed by atoms with Crippen LogP contribution in [-0.2, 0) is 0 Å². The highest BCUT2D eigenvalue weighted by Crippen LogP contribution is 2.39. The van der Waals surface area contributed by atoms with Gasteiger partial charge < -0.3 is 0 Å². The standard InChI is InChI=1S/C23H15Br/c1-14-6-9-19-21-10-7-15-13-16(24)8-11-17(15)23(21)20-5-3-2-4-18(20)22(19)12-14/h2-13H,1H3. The Morgan fingerprint density at radius 2 is 1.25 bits per heavy atom. The van der Waals surface area contributed by atoms with Crippen molar-refractivity contribution >= 4 is 59.0 Å². The quantitative estimate of drug-likeness (QED) is 0.249. The summed E-state index contributed by atoms with van der Waals surface area (Å²) in [5.74, 6) is 0. The van der Waals surface area contributed by atoms with Gasteiger partial charge in [0.15, 0.2) is 0 Å². The number of hydrogen-bond donors (Lipinski definition) is 0. The van der Waals surface area contributed by atoms with Crippen molar-refractivity contribution in [1.29, 1.82) is 0 Å². The summed E-state index contributed by atoms with van der Waals surface area (Å²) in [5, 5.41) is 10.6. The molecule has 0 amide bonds. The molecule has 5 aromatic rings. The van der Waals surface area contributed by atoms with Gasteiger partial charge in [-0.15, -0.1) is 0 Å². The van der Waals surface area contributed by atoms with E-state index >= 15 is 0 Å². The first kappa shape index (κ1) is 14.0. The van der Waals surface area contributed by atoms with Crippen molar-refractivity contribution in [3.8, 4) is 0 Å². The van der Waals surface area contributed by atoms with Crippen molar-refractivity contribution in [3.05, 3.63) is 82.8 Å². The lowest BCUT2D eigenvalue weighted by Gasteiger charge is -2.13. The summed E-state index contributed by atoms with van der Waals surface area (Å²) in [6.07, 6.45) is 0. The van der Waals surface area contributed by atoms with E-state index in [9.17, 15) is 0 Å². The first-order valence-corrected chi connectivity index (χ1v) is 8.95. The number of halogens is 1. The van der Waals surface area contributed by atoms with Crippen molar-refractivity contribution in [2.24, 2.45) is 0 Å². The summed E-state index contributed by atoms with van der Waals surface area (Å²) in [5.41, 5.74) is 1.30. The number of benzene rings is 5. The fourth-order valence-electron chi connectivity index (χ4n) is 3.87. The minimum atomic E-state index is 1.12. The van der Waals surface area contributed by atoms with Gasteiger partial charge in [-0.25, -0.2) is 0 Å². The second-order valence-electron chi connectivity index (χ2n) is 6.45. The van der Waals surface area contributed by atoms with E-state index < -0.39 is 0 Å². The third-order valence-corrected chi connectivity index (χ3v) is 5.43. The molecule has 0 heterocycles. The molecule has 0 spiro atoms. The van der Waals surface area contributed by atoms with Crippen molar-refractivity contribution in [1.82, 2.24) is 0 Å². The molecule has 0 fully saturated rings. The van der Waals surface area contributed by atoms with Gasteiger partial charge in [-0.2, -0.15) is 0 Å². The third kappa shape index (κ3) is 1.91. The highest BCUT2D eigenvalue weighted by molar-refractivity contribution is 9.10. The first-order valence-electron chi connectivity index (χ1n) is 8.15. The Bertz CT molecular complexity index is 1240. The Morgan fingerprint density at radius 1 is 0.583 bits per heavy atom. The van der Waals surface area contributed by atoms with Gasteiger partial charge in [0.25, 0.3) is 0 Å². The molecule has 0 radical (unpaired) electrons. The molecular formula is C23H15Br. The molecule has 0 nitrogen and oxygen atoms in total. The zero-order valence-corrected chi connectivity index (χ0v) is 14.9. The minimum absolute atomic E-state index is 1.12.